The van der Waals surface area contributed by atoms with E-state index in [4.69, 9.17) is 4.74 Å². The summed E-state index contributed by atoms with van der Waals surface area (Å²) in [5.41, 5.74) is 1.01. The minimum absolute atomic E-state index is 0.0787. The summed E-state index contributed by atoms with van der Waals surface area (Å²) in [5.74, 6) is 0.892. The Bertz CT molecular complexity index is 374. The molecule has 0 atom stereocenters. The van der Waals surface area contributed by atoms with Crippen molar-refractivity contribution in [1.82, 2.24) is 10.2 Å². The van der Waals surface area contributed by atoms with E-state index in [1.54, 1.807) is 7.11 Å². The van der Waals surface area contributed by atoms with Gasteiger partial charge in [0.15, 0.2) is 0 Å². The Labute approximate surface area is 115 Å². The number of ether oxygens (including phenoxy) is 1. The van der Waals surface area contributed by atoms with Crippen molar-refractivity contribution in [1.29, 1.82) is 0 Å². The molecule has 106 valence electrons. The van der Waals surface area contributed by atoms with E-state index in [2.05, 4.69) is 24.3 Å². The summed E-state index contributed by atoms with van der Waals surface area (Å²) >= 11 is 0. The molecule has 0 saturated carbocycles. The third-order valence-corrected chi connectivity index (χ3v) is 2.88. The van der Waals surface area contributed by atoms with E-state index in [9.17, 15) is 4.79 Å². The summed E-state index contributed by atoms with van der Waals surface area (Å²) in [6.07, 6.45) is 2.56. The van der Waals surface area contributed by atoms with Crippen LogP contribution in [0, 0.1) is 0 Å². The Morgan fingerprint density at radius 3 is 2.47 bits per heavy atom. The van der Waals surface area contributed by atoms with Gasteiger partial charge in [-0.3, -0.25) is 4.79 Å². The smallest absolute Gasteiger partial charge is 0.224 e. The molecule has 0 saturated heterocycles. The predicted molar refractivity (Wildman–Crippen MR) is 77.5 cm³/mol. The SMILES string of the molecule is COc1ccc(CC(=O)NCCCCN(C)C)cc1. The molecule has 0 aliphatic carbocycles. The summed E-state index contributed by atoms with van der Waals surface area (Å²) in [5, 5.41) is 2.94. The number of nitrogens with zero attached hydrogens (tertiary/aromatic N) is 1. The first-order chi connectivity index (χ1) is 9.11. The van der Waals surface area contributed by atoms with Crippen molar-refractivity contribution in [2.75, 3.05) is 34.3 Å². The fourth-order valence-corrected chi connectivity index (χ4v) is 1.77. The van der Waals surface area contributed by atoms with Gasteiger partial charge in [0.1, 0.15) is 5.75 Å². The third kappa shape index (κ3) is 6.82. The zero-order valence-corrected chi connectivity index (χ0v) is 12.1. The first kappa shape index (κ1) is 15.5. The van der Waals surface area contributed by atoms with Crippen molar-refractivity contribution in [3.8, 4) is 5.75 Å². The molecular formula is C15H24N2O2. The lowest BCUT2D eigenvalue weighted by Crippen LogP contribution is -2.26. The standard InChI is InChI=1S/C15H24N2O2/c1-17(2)11-5-4-10-16-15(18)12-13-6-8-14(19-3)9-7-13/h6-9H,4-5,10-12H2,1-3H3,(H,16,18). The van der Waals surface area contributed by atoms with E-state index >= 15 is 0 Å². The first-order valence-corrected chi connectivity index (χ1v) is 6.66. The Morgan fingerprint density at radius 2 is 1.89 bits per heavy atom. The molecule has 4 nitrogen and oxygen atoms in total. The lowest BCUT2D eigenvalue weighted by molar-refractivity contribution is -0.120. The maximum atomic E-state index is 11.7. The number of nitrogens with one attached hydrogen (secondary N) is 1. The van der Waals surface area contributed by atoms with Crippen molar-refractivity contribution >= 4 is 5.91 Å². The highest BCUT2D eigenvalue weighted by Crippen LogP contribution is 2.11. The van der Waals surface area contributed by atoms with Crippen LogP contribution in [0.4, 0.5) is 0 Å². The van der Waals surface area contributed by atoms with E-state index in [1.165, 1.54) is 0 Å². The molecule has 0 bridgehead atoms. The van der Waals surface area contributed by atoms with Crippen molar-refractivity contribution in [2.45, 2.75) is 19.3 Å². The molecule has 1 N–H and O–H groups in total. The number of unbranched alkanes of at least 4 members (excludes halogenated alkanes) is 1. The van der Waals surface area contributed by atoms with Crippen LogP contribution in [0.25, 0.3) is 0 Å². The lowest BCUT2D eigenvalue weighted by atomic mass is 10.1. The fourth-order valence-electron chi connectivity index (χ4n) is 1.77. The highest BCUT2D eigenvalue weighted by Gasteiger charge is 2.03. The second kappa shape index (κ2) is 8.53. The average Bonchev–Trinajstić information content (AvgIpc) is 2.39. The molecule has 19 heavy (non-hydrogen) atoms. The highest BCUT2D eigenvalue weighted by atomic mass is 16.5. The molecule has 1 aromatic carbocycles. The molecule has 4 heteroatoms. The van der Waals surface area contributed by atoms with Crippen LogP contribution in [-0.4, -0.2) is 45.1 Å². The molecule has 1 rings (SSSR count). The van der Waals surface area contributed by atoms with Crippen LogP contribution in [0.5, 0.6) is 5.75 Å². The van der Waals surface area contributed by atoms with Crippen LogP contribution >= 0.6 is 0 Å². The van der Waals surface area contributed by atoms with Gasteiger partial charge in [-0.05, 0) is 51.2 Å². The van der Waals surface area contributed by atoms with Gasteiger partial charge in [-0.25, -0.2) is 0 Å². The summed E-state index contributed by atoms with van der Waals surface area (Å²) in [7, 11) is 5.75. The van der Waals surface area contributed by atoms with E-state index in [0.29, 0.717) is 6.42 Å². The van der Waals surface area contributed by atoms with Crippen LogP contribution in [-0.2, 0) is 11.2 Å². The second-order valence-corrected chi connectivity index (χ2v) is 4.89. The van der Waals surface area contributed by atoms with Gasteiger partial charge in [-0.15, -0.1) is 0 Å². The van der Waals surface area contributed by atoms with E-state index in [1.807, 2.05) is 24.3 Å². The largest absolute Gasteiger partial charge is 0.497 e. The van der Waals surface area contributed by atoms with Crippen molar-refractivity contribution < 1.29 is 9.53 Å². The quantitative estimate of drug-likeness (QED) is 0.727. The second-order valence-electron chi connectivity index (χ2n) is 4.89. The molecule has 1 aromatic rings. The van der Waals surface area contributed by atoms with Crippen LogP contribution in [0.2, 0.25) is 0 Å². The molecule has 0 spiro atoms. The van der Waals surface area contributed by atoms with Gasteiger partial charge >= 0.3 is 0 Å². The number of hydrogen-bond acceptors (Lipinski definition) is 3. The topological polar surface area (TPSA) is 41.6 Å². The number of methoxy groups -OCH3 is 1. The van der Waals surface area contributed by atoms with Gasteiger partial charge in [0, 0.05) is 6.54 Å². The number of benzene rings is 1. The van der Waals surface area contributed by atoms with Gasteiger partial charge in [0.2, 0.25) is 5.91 Å². The summed E-state index contributed by atoms with van der Waals surface area (Å²) < 4.78 is 5.08. The van der Waals surface area contributed by atoms with E-state index in [-0.39, 0.29) is 5.91 Å². The highest BCUT2D eigenvalue weighted by molar-refractivity contribution is 5.78. The molecular weight excluding hydrogens is 240 g/mol. The monoisotopic (exact) mass is 264 g/mol. The predicted octanol–water partition coefficient (Wildman–Crippen LogP) is 1.70. The van der Waals surface area contributed by atoms with Crippen LogP contribution in [0.1, 0.15) is 18.4 Å². The van der Waals surface area contributed by atoms with Crippen molar-refractivity contribution in [3.05, 3.63) is 29.8 Å². The Morgan fingerprint density at radius 1 is 1.21 bits per heavy atom. The zero-order chi connectivity index (χ0) is 14.1. The molecule has 0 unspecified atom stereocenters. The summed E-state index contributed by atoms with van der Waals surface area (Å²) in [6, 6.07) is 7.59. The minimum Gasteiger partial charge on any atom is -0.497 e. The summed E-state index contributed by atoms with van der Waals surface area (Å²) in [6.45, 7) is 1.82. The Hall–Kier alpha value is -1.55. The Kier molecular flexibility index (Phi) is 6.97. The van der Waals surface area contributed by atoms with Crippen LogP contribution in [0.15, 0.2) is 24.3 Å². The number of carbonyl (C=O) groups is 1. The summed E-state index contributed by atoms with van der Waals surface area (Å²) in [4.78, 5) is 13.9. The molecule has 0 aliphatic heterocycles. The van der Waals surface area contributed by atoms with Crippen molar-refractivity contribution in [2.24, 2.45) is 0 Å². The maximum Gasteiger partial charge on any atom is 0.224 e. The zero-order valence-electron chi connectivity index (χ0n) is 12.1. The lowest BCUT2D eigenvalue weighted by Gasteiger charge is -2.09. The van der Waals surface area contributed by atoms with Crippen LogP contribution in [0.3, 0.4) is 0 Å². The van der Waals surface area contributed by atoms with Gasteiger partial charge in [-0.2, -0.15) is 0 Å². The Balaban J connectivity index is 2.19. The van der Waals surface area contributed by atoms with Gasteiger partial charge < -0.3 is 15.0 Å². The average molecular weight is 264 g/mol. The normalized spacial score (nSPS) is 10.5. The van der Waals surface area contributed by atoms with Gasteiger partial charge in [0.05, 0.1) is 13.5 Å². The first-order valence-electron chi connectivity index (χ1n) is 6.66. The van der Waals surface area contributed by atoms with Crippen molar-refractivity contribution in [3.63, 3.8) is 0 Å². The van der Waals surface area contributed by atoms with E-state index < -0.39 is 0 Å². The fraction of sp³-hybridized carbons (Fsp3) is 0.533. The minimum atomic E-state index is 0.0787. The third-order valence-electron chi connectivity index (χ3n) is 2.88. The molecule has 0 radical (unpaired) electrons. The number of carbonyl (C=O) groups excluding carboxylic acids is 1. The number of hydrogen-bond donors (Lipinski definition) is 1. The molecule has 0 aliphatic rings. The van der Waals surface area contributed by atoms with E-state index in [0.717, 1.165) is 37.2 Å². The maximum absolute atomic E-state index is 11.7. The number of amides is 1. The van der Waals surface area contributed by atoms with Gasteiger partial charge in [0.25, 0.3) is 0 Å². The molecule has 0 fully saturated rings. The van der Waals surface area contributed by atoms with Gasteiger partial charge in [-0.1, -0.05) is 12.1 Å². The number of rotatable bonds is 8. The molecule has 1 amide bonds. The molecule has 0 heterocycles. The molecule has 0 aromatic heterocycles. The van der Waals surface area contributed by atoms with Crippen LogP contribution < -0.4 is 10.1 Å².